The van der Waals surface area contributed by atoms with Crippen molar-refractivity contribution in [3.8, 4) is 5.75 Å². The lowest BCUT2D eigenvalue weighted by Gasteiger charge is -2.11. The molecule has 0 bridgehead atoms. The molecule has 1 fully saturated rings. The van der Waals surface area contributed by atoms with Crippen LogP contribution in [0.5, 0.6) is 5.75 Å². The van der Waals surface area contributed by atoms with E-state index in [4.69, 9.17) is 9.29 Å². The van der Waals surface area contributed by atoms with Gasteiger partial charge in [-0.3, -0.25) is 4.55 Å². The van der Waals surface area contributed by atoms with Crippen molar-refractivity contribution in [2.75, 3.05) is 13.1 Å². The predicted octanol–water partition coefficient (Wildman–Crippen LogP) is 2.81. The highest BCUT2D eigenvalue weighted by Gasteiger charge is 2.15. The van der Waals surface area contributed by atoms with Gasteiger partial charge in [0.25, 0.3) is 10.1 Å². The fraction of sp³-hybridized carbons (Fsp3) is 0.294. The molecule has 2 aromatic rings. The van der Waals surface area contributed by atoms with Crippen LogP contribution in [0.4, 0.5) is 4.39 Å². The molecule has 0 radical (unpaired) electrons. The second kappa shape index (κ2) is 8.23. The van der Waals surface area contributed by atoms with E-state index in [2.05, 4.69) is 5.32 Å². The summed E-state index contributed by atoms with van der Waals surface area (Å²) in [6, 6.07) is 12.1. The first-order valence-electron chi connectivity index (χ1n) is 7.52. The monoisotopic (exact) mass is 353 g/mol. The predicted molar refractivity (Wildman–Crippen MR) is 89.3 cm³/mol. The highest BCUT2D eigenvalue weighted by molar-refractivity contribution is 7.85. The van der Waals surface area contributed by atoms with Crippen molar-refractivity contribution in [2.24, 2.45) is 0 Å². The molecule has 1 saturated heterocycles. The van der Waals surface area contributed by atoms with Crippen molar-refractivity contribution in [3.63, 3.8) is 0 Å². The topological polar surface area (TPSA) is 75.6 Å². The Balaban J connectivity index is 0.000000177. The van der Waals surface area contributed by atoms with Gasteiger partial charge in [-0.2, -0.15) is 8.42 Å². The number of halogens is 1. The van der Waals surface area contributed by atoms with E-state index in [-0.39, 0.29) is 16.8 Å². The highest BCUT2D eigenvalue weighted by atomic mass is 32.2. The van der Waals surface area contributed by atoms with Crippen LogP contribution < -0.4 is 10.1 Å². The minimum atomic E-state index is -4.02. The Labute approximate surface area is 141 Å². The number of benzene rings is 2. The minimum Gasteiger partial charge on any atom is -0.489 e. The molecule has 130 valence electrons. The van der Waals surface area contributed by atoms with Crippen molar-refractivity contribution < 1.29 is 22.1 Å². The number of nitrogens with one attached hydrogen (secondary N) is 1. The summed E-state index contributed by atoms with van der Waals surface area (Å²) in [6.07, 6.45) is 1.27. The lowest BCUT2D eigenvalue weighted by Crippen LogP contribution is -2.19. The Morgan fingerprint density at radius 3 is 2.25 bits per heavy atom. The van der Waals surface area contributed by atoms with Gasteiger partial charge in [-0.25, -0.2) is 4.39 Å². The molecule has 3 rings (SSSR count). The van der Waals surface area contributed by atoms with Gasteiger partial charge < -0.3 is 10.1 Å². The number of rotatable bonds is 3. The van der Waals surface area contributed by atoms with Gasteiger partial charge in [0.1, 0.15) is 17.7 Å². The molecule has 2 N–H and O–H groups in total. The maximum absolute atomic E-state index is 12.5. The summed E-state index contributed by atoms with van der Waals surface area (Å²) in [4.78, 5) is -0.0666. The lowest BCUT2D eigenvalue weighted by atomic mass is 10.2. The lowest BCUT2D eigenvalue weighted by molar-refractivity contribution is 0.223. The zero-order chi connectivity index (χ0) is 17.6. The van der Waals surface area contributed by atoms with Gasteiger partial charge in [0.2, 0.25) is 0 Å². The molecule has 0 aliphatic carbocycles. The van der Waals surface area contributed by atoms with E-state index in [9.17, 15) is 12.8 Å². The fourth-order valence-electron chi connectivity index (χ4n) is 2.14. The van der Waals surface area contributed by atoms with E-state index in [0.717, 1.165) is 30.8 Å². The summed E-state index contributed by atoms with van der Waals surface area (Å²) in [7, 11) is -4.02. The van der Waals surface area contributed by atoms with Gasteiger partial charge in [0.05, 0.1) is 4.90 Å². The summed E-state index contributed by atoms with van der Waals surface area (Å²) in [5, 5.41) is 3.20. The Morgan fingerprint density at radius 1 is 1.12 bits per heavy atom. The first-order valence-corrected chi connectivity index (χ1v) is 8.96. The Kier molecular flexibility index (Phi) is 6.30. The van der Waals surface area contributed by atoms with Crippen LogP contribution in [0.15, 0.2) is 53.4 Å². The fourth-order valence-corrected chi connectivity index (χ4v) is 2.62. The van der Waals surface area contributed by atoms with Gasteiger partial charge >= 0.3 is 0 Å². The van der Waals surface area contributed by atoms with E-state index < -0.39 is 10.1 Å². The SMILES string of the molecule is Cc1ccc(S(=O)(=O)O)cc1.Fc1ccc(OC2CCNC2)cc1. The maximum Gasteiger partial charge on any atom is 0.294 e. The quantitative estimate of drug-likeness (QED) is 0.830. The summed E-state index contributed by atoms with van der Waals surface area (Å²) >= 11 is 0. The first kappa shape index (κ1) is 18.4. The van der Waals surface area contributed by atoms with Gasteiger partial charge in [0, 0.05) is 6.54 Å². The molecule has 1 atom stereocenters. The van der Waals surface area contributed by atoms with Gasteiger partial charge in [-0.1, -0.05) is 17.7 Å². The molecule has 1 heterocycles. The highest BCUT2D eigenvalue weighted by Crippen LogP contribution is 2.15. The number of aryl methyl sites for hydroxylation is 1. The molecule has 0 amide bonds. The van der Waals surface area contributed by atoms with Crippen molar-refractivity contribution in [1.29, 1.82) is 0 Å². The van der Waals surface area contributed by atoms with Crippen LogP contribution in [-0.2, 0) is 10.1 Å². The summed E-state index contributed by atoms with van der Waals surface area (Å²) in [5.74, 6) is 0.520. The zero-order valence-electron chi connectivity index (χ0n) is 13.3. The third kappa shape index (κ3) is 5.92. The zero-order valence-corrected chi connectivity index (χ0v) is 14.1. The molecule has 7 heteroatoms. The Morgan fingerprint density at radius 2 is 1.75 bits per heavy atom. The van der Waals surface area contributed by atoms with Crippen molar-refractivity contribution in [1.82, 2.24) is 5.32 Å². The van der Waals surface area contributed by atoms with Crippen LogP contribution in [0, 0.1) is 12.7 Å². The Hall–Kier alpha value is -1.96. The summed E-state index contributed by atoms with van der Waals surface area (Å²) < 4.78 is 47.7. The Bertz CT molecular complexity index is 739. The normalized spacial score (nSPS) is 17.0. The summed E-state index contributed by atoms with van der Waals surface area (Å²) in [5.41, 5.74) is 0.956. The van der Waals surface area contributed by atoms with E-state index in [1.54, 1.807) is 24.3 Å². The van der Waals surface area contributed by atoms with Crippen LogP contribution in [0.1, 0.15) is 12.0 Å². The average molecular weight is 353 g/mol. The van der Waals surface area contributed by atoms with Gasteiger partial charge in [-0.15, -0.1) is 0 Å². The van der Waals surface area contributed by atoms with Crippen LogP contribution in [-0.4, -0.2) is 32.2 Å². The first-order chi connectivity index (χ1) is 11.3. The van der Waals surface area contributed by atoms with E-state index >= 15 is 0 Å². The summed E-state index contributed by atoms with van der Waals surface area (Å²) in [6.45, 7) is 3.73. The molecule has 0 spiro atoms. The van der Waals surface area contributed by atoms with E-state index in [1.165, 1.54) is 24.3 Å². The molecule has 0 aromatic heterocycles. The second-order valence-corrected chi connectivity index (χ2v) is 6.90. The molecular weight excluding hydrogens is 333 g/mol. The second-order valence-electron chi connectivity index (χ2n) is 5.47. The van der Waals surface area contributed by atoms with E-state index in [0.29, 0.717) is 0 Å². The molecule has 2 aromatic carbocycles. The average Bonchev–Trinajstić information content (AvgIpc) is 3.03. The van der Waals surface area contributed by atoms with E-state index in [1.807, 2.05) is 6.92 Å². The third-order valence-electron chi connectivity index (χ3n) is 3.45. The minimum absolute atomic E-state index is 0.0666. The molecule has 1 aliphatic rings. The smallest absolute Gasteiger partial charge is 0.294 e. The van der Waals surface area contributed by atoms with Crippen molar-refractivity contribution >= 4 is 10.1 Å². The van der Waals surface area contributed by atoms with Crippen LogP contribution in [0.3, 0.4) is 0 Å². The molecular formula is C17H20FNO4S. The standard InChI is InChI=1S/C10H12FNO.C7H8O3S/c11-8-1-3-9(4-2-8)13-10-5-6-12-7-10;1-6-2-4-7(5-3-6)11(8,9)10/h1-4,10,12H,5-7H2;2-5H,1H3,(H,8,9,10). The third-order valence-corrected chi connectivity index (χ3v) is 4.32. The molecule has 0 saturated carbocycles. The molecule has 24 heavy (non-hydrogen) atoms. The number of ether oxygens (including phenoxy) is 1. The maximum atomic E-state index is 12.5. The number of hydrogen-bond donors (Lipinski definition) is 2. The van der Waals surface area contributed by atoms with Crippen LogP contribution in [0.2, 0.25) is 0 Å². The van der Waals surface area contributed by atoms with Crippen LogP contribution >= 0.6 is 0 Å². The van der Waals surface area contributed by atoms with Gasteiger partial charge in [-0.05, 0) is 56.3 Å². The largest absolute Gasteiger partial charge is 0.489 e. The van der Waals surface area contributed by atoms with Crippen molar-refractivity contribution in [2.45, 2.75) is 24.3 Å². The van der Waals surface area contributed by atoms with Crippen LogP contribution in [0.25, 0.3) is 0 Å². The van der Waals surface area contributed by atoms with Crippen molar-refractivity contribution in [3.05, 3.63) is 59.9 Å². The number of hydrogen-bond acceptors (Lipinski definition) is 4. The molecule has 1 aliphatic heterocycles. The van der Waals surface area contributed by atoms with Gasteiger partial charge in [0.15, 0.2) is 0 Å². The molecule has 1 unspecified atom stereocenters. The molecule has 5 nitrogen and oxygen atoms in total.